The van der Waals surface area contributed by atoms with Crippen molar-refractivity contribution in [3.8, 4) is 0 Å². The van der Waals surface area contributed by atoms with Crippen molar-refractivity contribution in [2.24, 2.45) is 5.92 Å². The van der Waals surface area contributed by atoms with Gasteiger partial charge in [0.25, 0.3) is 0 Å². The summed E-state index contributed by atoms with van der Waals surface area (Å²) in [6.45, 7) is -0.935. The molecule has 0 aromatic carbocycles. The van der Waals surface area contributed by atoms with Gasteiger partial charge in [0.05, 0.1) is 18.9 Å². The number of carbonyl (C=O) groups is 1. The van der Waals surface area contributed by atoms with Gasteiger partial charge in [-0.2, -0.15) is 17.6 Å². The topological polar surface area (TPSA) is 66.4 Å². The molecule has 1 fully saturated rings. The molecule has 9 heteroatoms. The Kier molecular flexibility index (Phi) is 5.31. The average molecular weight is 305 g/mol. The molecular formula is C10H13F4O4S-. The van der Waals surface area contributed by atoms with Gasteiger partial charge in [0.15, 0.2) is 0 Å². The second-order valence-corrected chi connectivity index (χ2v) is 5.34. The van der Waals surface area contributed by atoms with E-state index in [4.69, 9.17) is 0 Å². The van der Waals surface area contributed by atoms with Gasteiger partial charge in [-0.1, -0.05) is 12.8 Å². The molecule has 0 saturated heterocycles. The van der Waals surface area contributed by atoms with Gasteiger partial charge in [-0.15, -0.1) is 0 Å². The number of hydrogen-bond acceptors (Lipinski definition) is 4. The van der Waals surface area contributed by atoms with Crippen molar-refractivity contribution in [3.05, 3.63) is 0 Å². The number of alkyl halides is 4. The minimum Gasteiger partial charge on any atom is -0.768 e. The maximum absolute atomic E-state index is 12.9. The summed E-state index contributed by atoms with van der Waals surface area (Å²) in [5.41, 5.74) is 0. The largest absolute Gasteiger partial charge is 0.768 e. The molecule has 0 aromatic rings. The molecule has 1 unspecified atom stereocenters. The van der Waals surface area contributed by atoms with Gasteiger partial charge in [0.1, 0.15) is 0 Å². The van der Waals surface area contributed by atoms with E-state index < -0.39 is 41.3 Å². The molecule has 0 N–H and O–H groups in total. The van der Waals surface area contributed by atoms with Crippen molar-refractivity contribution in [1.82, 2.24) is 0 Å². The summed E-state index contributed by atoms with van der Waals surface area (Å²) in [5, 5.41) is -5.17. The summed E-state index contributed by atoms with van der Waals surface area (Å²) in [6.07, 6.45) is 1.32. The Labute approximate surface area is 109 Å². The first kappa shape index (κ1) is 16.4. The number of rotatable bonds is 6. The molecule has 0 aromatic heterocycles. The van der Waals surface area contributed by atoms with Crippen LogP contribution in [0.25, 0.3) is 0 Å². The van der Waals surface area contributed by atoms with Crippen LogP contribution in [0.15, 0.2) is 0 Å². The Morgan fingerprint density at radius 2 is 1.79 bits per heavy atom. The molecule has 19 heavy (non-hydrogen) atoms. The Morgan fingerprint density at radius 3 is 2.26 bits per heavy atom. The summed E-state index contributed by atoms with van der Waals surface area (Å²) in [4.78, 5) is 11.3. The van der Waals surface area contributed by atoms with E-state index >= 15 is 0 Å². The number of ether oxygens (including phenoxy) is 1. The Morgan fingerprint density at radius 1 is 1.26 bits per heavy atom. The maximum Gasteiger partial charge on any atom is 0.371 e. The van der Waals surface area contributed by atoms with Gasteiger partial charge < -0.3 is 9.29 Å². The van der Waals surface area contributed by atoms with Crippen molar-refractivity contribution < 1.29 is 35.9 Å². The van der Waals surface area contributed by atoms with Gasteiger partial charge in [-0.3, -0.25) is 9.00 Å². The molecule has 1 rings (SSSR count). The SMILES string of the molecule is O=C(OCCC(F)(F)C(F)(F)S(=O)[O-])C1CCCC1. The highest BCUT2D eigenvalue weighted by Gasteiger charge is 2.57. The summed E-state index contributed by atoms with van der Waals surface area (Å²) in [5.74, 6) is -5.84. The molecular weight excluding hydrogens is 292 g/mol. The lowest BCUT2D eigenvalue weighted by molar-refractivity contribution is -0.174. The van der Waals surface area contributed by atoms with Gasteiger partial charge in [-0.05, 0) is 12.8 Å². The molecule has 0 radical (unpaired) electrons. The van der Waals surface area contributed by atoms with Crippen molar-refractivity contribution in [3.63, 3.8) is 0 Å². The van der Waals surface area contributed by atoms with E-state index in [-0.39, 0.29) is 5.92 Å². The van der Waals surface area contributed by atoms with Crippen LogP contribution in [0.5, 0.6) is 0 Å². The minimum absolute atomic E-state index is 0.372. The smallest absolute Gasteiger partial charge is 0.371 e. The molecule has 1 aliphatic rings. The minimum atomic E-state index is -5.17. The van der Waals surface area contributed by atoms with Crippen LogP contribution in [0, 0.1) is 5.92 Å². The van der Waals surface area contributed by atoms with Gasteiger partial charge in [-0.25, -0.2) is 0 Å². The predicted molar refractivity (Wildman–Crippen MR) is 56.3 cm³/mol. The quantitative estimate of drug-likeness (QED) is 0.429. The zero-order valence-corrected chi connectivity index (χ0v) is 10.7. The van der Waals surface area contributed by atoms with E-state index in [1.54, 1.807) is 0 Å². The Bertz CT molecular complexity index is 355. The molecule has 112 valence electrons. The van der Waals surface area contributed by atoms with E-state index in [0.29, 0.717) is 12.8 Å². The molecule has 1 atom stereocenters. The van der Waals surface area contributed by atoms with Crippen LogP contribution < -0.4 is 0 Å². The van der Waals surface area contributed by atoms with Crippen molar-refractivity contribution in [1.29, 1.82) is 0 Å². The highest BCUT2D eigenvalue weighted by Crippen LogP contribution is 2.39. The summed E-state index contributed by atoms with van der Waals surface area (Å²) in [6, 6.07) is 0. The van der Waals surface area contributed by atoms with Crippen molar-refractivity contribution in [2.75, 3.05) is 6.61 Å². The highest BCUT2D eigenvalue weighted by atomic mass is 32.2. The van der Waals surface area contributed by atoms with Crippen LogP contribution in [0.3, 0.4) is 0 Å². The third-order valence-corrected chi connectivity index (χ3v) is 3.70. The van der Waals surface area contributed by atoms with Crippen LogP contribution in [-0.4, -0.2) is 32.5 Å². The summed E-state index contributed by atoms with van der Waals surface area (Å²) in [7, 11) is 0. The second-order valence-electron chi connectivity index (χ2n) is 4.35. The first-order valence-corrected chi connectivity index (χ1v) is 6.77. The van der Waals surface area contributed by atoms with E-state index in [1.165, 1.54) is 0 Å². The van der Waals surface area contributed by atoms with E-state index in [2.05, 4.69) is 4.74 Å². The predicted octanol–water partition coefficient (Wildman–Crippen LogP) is 2.22. The lowest BCUT2D eigenvalue weighted by atomic mass is 10.1. The fraction of sp³-hybridized carbons (Fsp3) is 0.900. The molecule has 0 spiro atoms. The lowest BCUT2D eigenvalue weighted by Gasteiger charge is -2.27. The van der Waals surface area contributed by atoms with E-state index in [0.717, 1.165) is 12.8 Å². The third-order valence-electron chi connectivity index (χ3n) is 2.98. The molecule has 1 aliphatic carbocycles. The fourth-order valence-electron chi connectivity index (χ4n) is 1.83. The zero-order chi connectivity index (χ0) is 14.7. The number of hydrogen-bond donors (Lipinski definition) is 0. The average Bonchev–Trinajstić information content (AvgIpc) is 2.81. The number of halogens is 4. The molecule has 0 aliphatic heterocycles. The Balaban J connectivity index is 2.43. The highest BCUT2D eigenvalue weighted by molar-refractivity contribution is 7.80. The van der Waals surface area contributed by atoms with Gasteiger partial charge in [0.2, 0.25) is 0 Å². The van der Waals surface area contributed by atoms with Crippen molar-refractivity contribution in [2.45, 2.75) is 43.3 Å². The normalized spacial score (nSPS) is 19.4. The Hall–Kier alpha value is -0.700. The standard InChI is InChI=1S/C10H14F4O4S/c11-9(12,10(13,14)19(16)17)5-6-18-8(15)7-3-1-2-4-7/h7H,1-6H2,(H,16,17)/p-1. The van der Waals surface area contributed by atoms with Crippen molar-refractivity contribution >= 4 is 17.0 Å². The van der Waals surface area contributed by atoms with Crippen LogP contribution >= 0.6 is 0 Å². The summed E-state index contributed by atoms with van der Waals surface area (Å²) >= 11 is -4.24. The molecule has 0 heterocycles. The molecule has 4 nitrogen and oxygen atoms in total. The second kappa shape index (κ2) is 6.17. The maximum atomic E-state index is 12.9. The van der Waals surface area contributed by atoms with E-state index in [1.807, 2.05) is 0 Å². The number of carbonyl (C=O) groups excluding carboxylic acids is 1. The van der Waals surface area contributed by atoms with Gasteiger partial charge in [0, 0.05) is 11.1 Å². The monoisotopic (exact) mass is 305 g/mol. The van der Waals surface area contributed by atoms with Crippen LogP contribution in [0.2, 0.25) is 0 Å². The molecule has 0 amide bonds. The third kappa shape index (κ3) is 3.88. The first-order valence-electron chi connectivity index (χ1n) is 5.70. The first-order chi connectivity index (χ1) is 8.68. The van der Waals surface area contributed by atoms with Gasteiger partial charge >= 0.3 is 17.1 Å². The molecule has 0 bridgehead atoms. The fourth-order valence-corrected chi connectivity index (χ4v) is 2.17. The zero-order valence-electron chi connectivity index (χ0n) is 9.87. The molecule has 1 saturated carbocycles. The van der Waals surface area contributed by atoms with Crippen LogP contribution in [-0.2, 0) is 20.6 Å². The number of esters is 1. The lowest BCUT2D eigenvalue weighted by Crippen LogP contribution is -2.44. The summed E-state index contributed by atoms with van der Waals surface area (Å²) < 4.78 is 75.7. The van der Waals surface area contributed by atoms with E-state index in [9.17, 15) is 31.1 Å². The van der Waals surface area contributed by atoms with Crippen LogP contribution in [0.4, 0.5) is 17.6 Å². The van der Waals surface area contributed by atoms with Crippen LogP contribution in [0.1, 0.15) is 32.1 Å².